The number of rotatable bonds is 8. The predicted octanol–water partition coefficient (Wildman–Crippen LogP) is 3.37. The zero-order valence-corrected chi connectivity index (χ0v) is 19.0. The van der Waals surface area contributed by atoms with E-state index in [0.717, 1.165) is 0 Å². The molecule has 1 aliphatic rings. The Morgan fingerprint density at radius 3 is 2.52 bits per heavy atom. The normalized spacial score (nSPS) is 17.8. The first-order chi connectivity index (χ1) is 15.6. The van der Waals surface area contributed by atoms with E-state index in [-0.39, 0.29) is 29.5 Å². The van der Waals surface area contributed by atoms with Crippen molar-refractivity contribution in [3.8, 4) is 5.75 Å². The Hall–Kier alpha value is -3.72. The molecule has 3 rings (SSSR count). The van der Waals surface area contributed by atoms with Gasteiger partial charge in [0.25, 0.3) is 17.4 Å². The highest BCUT2D eigenvalue weighted by Gasteiger charge is 2.46. The molecule has 1 N–H and O–H groups in total. The summed E-state index contributed by atoms with van der Waals surface area (Å²) in [5, 5.41) is 22.3. The molecule has 0 saturated carbocycles. The van der Waals surface area contributed by atoms with Gasteiger partial charge >= 0.3 is 0 Å². The molecule has 33 heavy (non-hydrogen) atoms. The summed E-state index contributed by atoms with van der Waals surface area (Å²) in [5.41, 5.74) is 0.346. The van der Waals surface area contributed by atoms with Crippen LogP contribution < -0.4 is 4.74 Å². The lowest BCUT2D eigenvalue weighted by Gasteiger charge is -2.27. The van der Waals surface area contributed by atoms with Crippen LogP contribution in [0.25, 0.3) is 5.76 Å². The van der Waals surface area contributed by atoms with Crippen LogP contribution in [0.1, 0.15) is 31.0 Å². The van der Waals surface area contributed by atoms with Gasteiger partial charge in [0.05, 0.1) is 22.6 Å². The summed E-state index contributed by atoms with van der Waals surface area (Å²) in [7, 11) is 3.71. The number of hydrogen-bond donors (Lipinski definition) is 1. The molecule has 1 aliphatic heterocycles. The van der Waals surface area contributed by atoms with E-state index in [1.807, 2.05) is 32.8 Å². The van der Waals surface area contributed by atoms with Crippen LogP contribution in [0.5, 0.6) is 5.75 Å². The molecule has 1 fully saturated rings. The van der Waals surface area contributed by atoms with Gasteiger partial charge in [0, 0.05) is 30.8 Å². The van der Waals surface area contributed by atoms with Crippen molar-refractivity contribution < 1.29 is 24.4 Å². The number of likely N-dealkylation sites (N-methyl/N-ethyl adjacent to an activating group) is 1. The van der Waals surface area contributed by atoms with Crippen molar-refractivity contribution in [3.05, 3.63) is 75.3 Å². The SMILES string of the molecule is CC(C)Oc1cccc(C2/C(=C(/O)c3cccc([N+](=O)[O-])c3)C(=O)C(=O)N2CCN(C)C)c1. The summed E-state index contributed by atoms with van der Waals surface area (Å²) in [6.07, 6.45) is -0.0785. The Labute approximate surface area is 192 Å². The minimum absolute atomic E-state index is 0.0785. The zero-order valence-electron chi connectivity index (χ0n) is 19.0. The van der Waals surface area contributed by atoms with Crippen LogP contribution in [0.15, 0.2) is 54.1 Å². The third kappa shape index (κ3) is 5.20. The van der Waals surface area contributed by atoms with E-state index in [1.165, 1.54) is 29.2 Å². The number of ketones is 1. The molecule has 0 aromatic heterocycles. The number of carbonyl (C=O) groups is 2. The lowest BCUT2D eigenvalue weighted by atomic mass is 9.95. The predicted molar refractivity (Wildman–Crippen MR) is 123 cm³/mol. The first-order valence-corrected chi connectivity index (χ1v) is 10.5. The third-order valence-electron chi connectivity index (χ3n) is 5.20. The van der Waals surface area contributed by atoms with Crippen LogP contribution in [0.2, 0.25) is 0 Å². The number of non-ortho nitro benzene ring substituents is 1. The fourth-order valence-corrected chi connectivity index (χ4v) is 3.72. The molecular weight excluding hydrogens is 426 g/mol. The van der Waals surface area contributed by atoms with Crippen LogP contribution in [0.3, 0.4) is 0 Å². The first kappa shape index (κ1) is 23.9. The van der Waals surface area contributed by atoms with Crippen molar-refractivity contribution >= 4 is 23.1 Å². The quantitative estimate of drug-likeness (QED) is 0.214. The monoisotopic (exact) mass is 453 g/mol. The summed E-state index contributed by atoms with van der Waals surface area (Å²) >= 11 is 0. The van der Waals surface area contributed by atoms with Crippen LogP contribution in [0, 0.1) is 10.1 Å². The summed E-state index contributed by atoms with van der Waals surface area (Å²) < 4.78 is 5.77. The van der Waals surface area contributed by atoms with Crippen molar-refractivity contribution in [3.63, 3.8) is 0 Å². The van der Waals surface area contributed by atoms with Gasteiger partial charge in [0.1, 0.15) is 11.5 Å². The van der Waals surface area contributed by atoms with Crippen molar-refractivity contribution in [2.45, 2.75) is 26.0 Å². The average molecular weight is 453 g/mol. The number of benzene rings is 2. The van der Waals surface area contributed by atoms with Crippen molar-refractivity contribution in [2.24, 2.45) is 0 Å². The maximum Gasteiger partial charge on any atom is 0.295 e. The van der Waals surface area contributed by atoms with Crippen LogP contribution in [-0.4, -0.2) is 64.8 Å². The number of hydrogen-bond acceptors (Lipinski definition) is 7. The maximum atomic E-state index is 13.1. The van der Waals surface area contributed by atoms with E-state index < -0.39 is 28.4 Å². The lowest BCUT2D eigenvalue weighted by Crippen LogP contribution is -2.35. The fourth-order valence-electron chi connectivity index (χ4n) is 3.72. The number of carbonyl (C=O) groups excluding carboxylic acids is 2. The topological polar surface area (TPSA) is 113 Å². The number of Topliss-reactive ketones (excluding diaryl/α,β-unsaturated/α-hetero) is 1. The average Bonchev–Trinajstić information content (AvgIpc) is 3.01. The smallest absolute Gasteiger partial charge is 0.295 e. The van der Waals surface area contributed by atoms with Gasteiger partial charge in [0.15, 0.2) is 0 Å². The number of amides is 1. The lowest BCUT2D eigenvalue weighted by molar-refractivity contribution is -0.384. The van der Waals surface area contributed by atoms with Crippen molar-refractivity contribution in [1.82, 2.24) is 9.80 Å². The Morgan fingerprint density at radius 1 is 1.18 bits per heavy atom. The molecule has 0 bridgehead atoms. The Morgan fingerprint density at radius 2 is 1.88 bits per heavy atom. The molecule has 1 atom stereocenters. The van der Waals surface area contributed by atoms with Gasteiger partial charge in [-0.2, -0.15) is 0 Å². The van der Waals surface area contributed by atoms with Gasteiger partial charge < -0.3 is 19.6 Å². The van der Waals surface area contributed by atoms with Gasteiger partial charge in [-0.1, -0.05) is 24.3 Å². The number of likely N-dealkylation sites (tertiary alicyclic amines) is 1. The van der Waals surface area contributed by atoms with Gasteiger partial charge in [0.2, 0.25) is 0 Å². The third-order valence-corrected chi connectivity index (χ3v) is 5.20. The molecule has 174 valence electrons. The molecular formula is C24H27N3O6. The highest BCUT2D eigenvalue weighted by atomic mass is 16.6. The first-order valence-electron chi connectivity index (χ1n) is 10.5. The highest BCUT2D eigenvalue weighted by Crippen LogP contribution is 2.40. The van der Waals surface area contributed by atoms with E-state index in [4.69, 9.17) is 4.74 Å². The largest absolute Gasteiger partial charge is 0.507 e. The van der Waals surface area contributed by atoms with Crippen LogP contribution in [-0.2, 0) is 9.59 Å². The standard InChI is InChI=1S/C24H27N3O6/c1-15(2)33-19-10-6-7-16(14-19)21-20(23(29)24(30)26(21)12-11-25(3)4)22(28)17-8-5-9-18(13-17)27(31)32/h5-10,13-15,21,28H,11-12H2,1-4H3/b22-20-. The van der Waals surface area contributed by atoms with Crippen LogP contribution in [0.4, 0.5) is 5.69 Å². The van der Waals surface area contributed by atoms with E-state index in [9.17, 15) is 24.8 Å². The highest BCUT2D eigenvalue weighted by molar-refractivity contribution is 6.46. The van der Waals surface area contributed by atoms with Gasteiger partial charge in [-0.05, 0) is 45.6 Å². The molecule has 1 heterocycles. The number of nitro benzene ring substituents is 1. The second-order valence-electron chi connectivity index (χ2n) is 8.34. The number of ether oxygens (including phenoxy) is 1. The summed E-state index contributed by atoms with van der Waals surface area (Å²) in [4.78, 5) is 39.9. The molecule has 9 heteroatoms. The molecule has 2 aromatic rings. The minimum Gasteiger partial charge on any atom is -0.507 e. The van der Waals surface area contributed by atoms with Crippen molar-refractivity contribution in [1.29, 1.82) is 0 Å². The minimum atomic E-state index is -0.861. The maximum absolute atomic E-state index is 13.1. The summed E-state index contributed by atoms with van der Waals surface area (Å²) in [6, 6.07) is 11.5. The second-order valence-corrected chi connectivity index (χ2v) is 8.34. The van der Waals surface area contributed by atoms with Gasteiger partial charge in [-0.25, -0.2) is 0 Å². The fraction of sp³-hybridized carbons (Fsp3) is 0.333. The molecule has 2 aromatic carbocycles. The van der Waals surface area contributed by atoms with Gasteiger partial charge in [-0.3, -0.25) is 19.7 Å². The number of aliphatic hydroxyl groups is 1. The molecule has 0 spiro atoms. The molecule has 0 aliphatic carbocycles. The Balaban J connectivity index is 2.17. The molecule has 1 amide bonds. The Bertz CT molecular complexity index is 1110. The van der Waals surface area contributed by atoms with E-state index in [1.54, 1.807) is 24.3 Å². The molecule has 9 nitrogen and oxygen atoms in total. The van der Waals surface area contributed by atoms with Crippen molar-refractivity contribution in [2.75, 3.05) is 27.2 Å². The van der Waals surface area contributed by atoms with Crippen LogP contribution >= 0.6 is 0 Å². The number of nitro groups is 1. The second kappa shape index (κ2) is 9.83. The van der Waals surface area contributed by atoms with E-state index in [0.29, 0.717) is 17.9 Å². The number of aliphatic hydroxyl groups excluding tert-OH is 1. The molecule has 1 unspecified atom stereocenters. The summed E-state index contributed by atoms with van der Waals surface area (Å²) in [6.45, 7) is 4.53. The number of nitrogens with zero attached hydrogens (tertiary/aromatic N) is 3. The van der Waals surface area contributed by atoms with E-state index >= 15 is 0 Å². The summed E-state index contributed by atoms with van der Waals surface area (Å²) in [5.74, 6) is -1.46. The van der Waals surface area contributed by atoms with E-state index in [2.05, 4.69) is 0 Å². The molecule has 1 saturated heterocycles. The zero-order chi connectivity index (χ0) is 24.3. The molecule has 0 radical (unpaired) electrons. The Kier molecular flexibility index (Phi) is 7.13. The van der Waals surface area contributed by atoms with Gasteiger partial charge in [-0.15, -0.1) is 0 Å².